The Balaban J connectivity index is 0.000000606. The molecule has 1 aromatic carbocycles. The Morgan fingerprint density at radius 1 is 1.12 bits per heavy atom. The fourth-order valence-electron chi connectivity index (χ4n) is 2.08. The molecular weight excluding hydrogens is 192 g/mol. The van der Waals surface area contributed by atoms with E-state index in [0.29, 0.717) is 11.3 Å². The van der Waals surface area contributed by atoms with Crippen molar-refractivity contribution in [2.45, 2.75) is 47.5 Å². The maximum Gasteiger partial charge on any atom is -0.00984 e. The third kappa shape index (κ3) is 2.37. The van der Waals surface area contributed by atoms with Crippen LogP contribution >= 0.6 is 0 Å². The Morgan fingerprint density at radius 3 is 2.38 bits per heavy atom. The van der Waals surface area contributed by atoms with Gasteiger partial charge in [0.2, 0.25) is 0 Å². The predicted octanol–water partition coefficient (Wildman–Crippen LogP) is 5.18. The van der Waals surface area contributed by atoms with E-state index in [1.807, 2.05) is 13.8 Å². The first-order chi connectivity index (χ1) is 7.50. The van der Waals surface area contributed by atoms with Gasteiger partial charge in [0.1, 0.15) is 0 Å². The number of fused-ring (bicyclic) bond motifs is 1. The third-order valence-corrected chi connectivity index (χ3v) is 3.52. The van der Waals surface area contributed by atoms with E-state index in [0.717, 1.165) is 0 Å². The summed E-state index contributed by atoms with van der Waals surface area (Å²) in [5.41, 5.74) is 4.53. The molecule has 0 bridgehead atoms. The lowest BCUT2D eigenvalue weighted by Gasteiger charge is -2.33. The molecule has 1 atom stereocenters. The first-order valence-electron chi connectivity index (χ1n) is 6.30. The average Bonchev–Trinajstić information content (AvgIpc) is 2.27. The molecular formula is C16H24. The van der Waals surface area contributed by atoms with Crippen LogP contribution in [0.2, 0.25) is 0 Å². The van der Waals surface area contributed by atoms with Crippen molar-refractivity contribution in [1.82, 2.24) is 0 Å². The summed E-state index contributed by atoms with van der Waals surface area (Å²) < 4.78 is 0. The van der Waals surface area contributed by atoms with Crippen molar-refractivity contribution in [2.75, 3.05) is 0 Å². The highest BCUT2D eigenvalue weighted by Crippen LogP contribution is 2.42. The van der Waals surface area contributed by atoms with Gasteiger partial charge in [0.05, 0.1) is 0 Å². The summed E-state index contributed by atoms with van der Waals surface area (Å²) in [5.74, 6) is 0.614. The summed E-state index contributed by atoms with van der Waals surface area (Å²) in [4.78, 5) is 0. The van der Waals surface area contributed by atoms with Gasteiger partial charge in [-0.15, -0.1) is 0 Å². The highest BCUT2D eigenvalue weighted by molar-refractivity contribution is 5.60. The van der Waals surface area contributed by atoms with Crippen molar-refractivity contribution in [1.29, 1.82) is 0 Å². The molecule has 0 radical (unpaired) electrons. The van der Waals surface area contributed by atoms with Gasteiger partial charge in [-0.1, -0.05) is 70.5 Å². The number of hydrogen-bond acceptors (Lipinski definition) is 0. The Kier molecular flexibility index (Phi) is 3.96. The van der Waals surface area contributed by atoms with Gasteiger partial charge in [0.25, 0.3) is 0 Å². The molecule has 0 heterocycles. The van der Waals surface area contributed by atoms with E-state index in [9.17, 15) is 0 Å². The maximum absolute atomic E-state index is 2.33. The molecule has 0 saturated heterocycles. The summed E-state index contributed by atoms with van der Waals surface area (Å²) in [6.45, 7) is 13.1. The van der Waals surface area contributed by atoms with Crippen LogP contribution in [0.3, 0.4) is 0 Å². The van der Waals surface area contributed by atoms with Crippen LogP contribution in [0.5, 0.6) is 0 Å². The molecule has 0 aliphatic heterocycles. The smallest absolute Gasteiger partial charge is 0.00984 e. The fourth-order valence-corrected chi connectivity index (χ4v) is 2.08. The largest absolute Gasteiger partial charge is 0.0777 e. The second-order valence-corrected chi connectivity index (χ2v) is 5.01. The van der Waals surface area contributed by atoms with Crippen LogP contribution in [0.1, 0.15) is 57.2 Å². The highest BCUT2D eigenvalue weighted by atomic mass is 14.3. The second kappa shape index (κ2) is 4.86. The van der Waals surface area contributed by atoms with Crippen molar-refractivity contribution in [3.63, 3.8) is 0 Å². The Morgan fingerprint density at radius 2 is 1.75 bits per heavy atom. The first-order valence-corrected chi connectivity index (χ1v) is 6.30. The van der Waals surface area contributed by atoms with E-state index in [1.165, 1.54) is 16.7 Å². The van der Waals surface area contributed by atoms with Gasteiger partial charge in [0, 0.05) is 0 Å². The monoisotopic (exact) mass is 216 g/mol. The molecule has 1 aromatic rings. The van der Waals surface area contributed by atoms with Crippen LogP contribution in [-0.2, 0) is 0 Å². The summed E-state index contributed by atoms with van der Waals surface area (Å²) >= 11 is 0. The summed E-state index contributed by atoms with van der Waals surface area (Å²) in [6, 6.07) is 6.77. The number of allylic oxidation sites excluding steroid dienone is 1. The molecule has 0 heteroatoms. The van der Waals surface area contributed by atoms with Crippen LogP contribution in [0, 0.1) is 12.3 Å². The van der Waals surface area contributed by atoms with E-state index >= 15 is 0 Å². The summed E-state index contributed by atoms with van der Waals surface area (Å²) in [6.07, 6.45) is 4.60. The molecule has 0 aromatic heterocycles. The average molecular weight is 216 g/mol. The van der Waals surface area contributed by atoms with Gasteiger partial charge in [-0.05, 0) is 29.4 Å². The number of aryl methyl sites for hydroxylation is 1. The van der Waals surface area contributed by atoms with Crippen LogP contribution < -0.4 is 0 Å². The van der Waals surface area contributed by atoms with Crippen molar-refractivity contribution in [3.05, 3.63) is 41.0 Å². The van der Waals surface area contributed by atoms with Crippen LogP contribution in [-0.4, -0.2) is 0 Å². The first kappa shape index (κ1) is 13.0. The van der Waals surface area contributed by atoms with E-state index < -0.39 is 0 Å². The quantitative estimate of drug-likeness (QED) is 0.560. The zero-order valence-corrected chi connectivity index (χ0v) is 11.5. The van der Waals surface area contributed by atoms with Crippen LogP contribution in [0.4, 0.5) is 0 Å². The predicted molar refractivity (Wildman–Crippen MR) is 73.8 cm³/mol. The minimum atomic E-state index is 0.294. The van der Waals surface area contributed by atoms with Gasteiger partial charge in [0.15, 0.2) is 0 Å². The molecule has 0 spiro atoms. The molecule has 0 amide bonds. The van der Waals surface area contributed by atoms with Gasteiger partial charge >= 0.3 is 0 Å². The number of hydrogen-bond donors (Lipinski definition) is 0. The van der Waals surface area contributed by atoms with E-state index in [1.54, 1.807) is 0 Å². The minimum absolute atomic E-state index is 0.294. The van der Waals surface area contributed by atoms with E-state index in [4.69, 9.17) is 0 Å². The lowest BCUT2D eigenvalue weighted by Crippen LogP contribution is -2.20. The molecule has 88 valence electrons. The van der Waals surface area contributed by atoms with Crippen LogP contribution in [0.25, 0.3) is 6.08 Å². The number of benzene rings is 1. The molecule has 1 unspecified atom stereocenters. The standard InChI is InChI=1S/C14H18.C2H6/c1-10-5-6-13-11(2)14(3,4)8-7-12(13)9-10;1-2/h5-9,11H,1-4H3;1-2H3. The molecule has 16 heavy (non-hydrogen) atoms. The molecule has 2 rings (SSSR count). The minimum Gasteiger partial charge on any atom is -0.0777 e. The lowest BCUT2D eigenvalue weighted by atomic mass is 9.71. The molecule has 0 nitrogen and oxygen atoms in total. The molecule has 0 fully saturated rings. The SMILES string of the molecule is CC.Cc1ccc2c(c1)C=CC(C)(C)C2C. The second-order valence-electron chi connectivity index (χ2n) is 5.01. The zero-order chi connectivity index (χ0) is 12.3. The molecule has 1 aliphatic carbocycles. The molecule has 0 N–H and O–H groups in total. The van der Waals surface area contributed by atoms with E-state index in [2.05, 4.69) is 58.0 Å². The Hall–Kier alpha value is -1.04. The normalized spacial score (nSPS) is 20.8. The number of rotatable bonds is 0. The summed E-state index contributed by atoms with van der Waals surface area (Å²) in [7, 11) is 0. The van der Waals surface area contributed by atoms with Crippen molar-refractivity contribution in [2.24, 2.45) is 5.41 Å². The van der Waals surface area contributed by atoms with Crippen molar-refractivity contribution < 1.29 is 0 Å². The van der Waals surface area contributed by atoms with Gasteiger partial charge < -0.3 is 0 Å². The lowest BCUT2D eigenvalue weighted by molar-refractivity contribution is 0.392. The maximum atomic E-state index is 2.33. The third-order valence-electron chi connectivity index (χ3n) is 3.52. The van der Waals surface area contributed by atoms with Gasteiger partial charge in [-0.2, -0.15) is 0 Å². The zero-order valence-electron chi connectivity index (χ0n) is 11.5. The van der Waals surface area contributed by atoms with Crippen molar-refractivity contribution in [3.8, 4) is 0 Å². The molecule has 1 aliphatic rings. The van der Waals surface area contributed by atoms with Crippen LogP contribution in [0.15, 0.2) is 24.3 Å². The Bertz CT molecular complexity index is 383. The Labute approximate surface area is 100 Å². The van der Waals surface area contributed by atoms with Gasteiger partial charge in [-0.3, -0.25) is 0 Å². The fraction of sp³-hybridized carbons (Fsp3) is 0.500. The van der Waals surface area contributed by atoms with Crippen molar-refractivity contribution >= 4 is 6.08 Å². The van der Waals surface area contributed by atoms with Gasteiger partial charge in [-0.25, -0.2) is 0 Å². The topological polar surface area (TPSA) is 0 Å². The molecule has 0 saturated carbocycles. The van der Waals surface area contributed by atoms with E-state index in [-0.39, 0.29) is 0 Å². The summed E-state index contributed by atoms with van der Waals surface area (Å²) in [5, 5.41) is 0. The highest BCUT2D eigenvalue weighted by Gasteiger charge is 2.28.